The van der Waals surface area contributed by atoms with E-state index in [4.69, 9.17) is 0 Å². The molecule has 23 heavy (non-hydrogen) atoms. The number of aromatic nitrogens is 2. The van der Waals surface area contributed by atoms with Crippen molar-refractivity contribution in [2.75, 3.05) is 23.7 Å². The van der Waals surface area contributed by atoms with Gasteiger partial charge in [0.15, 0.2) is 0 Å². The molecule has 1 aromatic carbocycles. The van der Waals surface area contributed by atoms with E-state index in [0.717, 1.165) is 35.2 Å². The topological polar surface area (TPSA) is 29.0 Å². The number of halogens is 1. The Morgan fingerprint density at radius 1 is 1.26 bits per heavy atom. The lowest BCUT2D eigenvalue weighted by Gasteiger charge is -2.22. The molecule has 1 unspecified atom stereocenters. The number of rotatable bonds is 5. The van der Waals surface area contributed by atoms with E-state index >= 15 is 0 Å². The van der Waals surface area contributed by atoms with Gasteiger partial charge < -0.3 is 4.90 Å². The van der Waals surface area contributed by atoms with Gasteiger partial charge >= 0.3 is 0 Å². The number of benzene rings is 1. The van der Waals surface area contributed by atoms with E-state index in [2.05, 4.69) is 33.8 Å². The third-order valence-electron chi connectivity index (χ3n) is 4.03. The van der Waals surface area contributed by atoms with Crippen LogP contribution in [0.4, 0.5) is 9.52 Å². The Labute approximate surface area is 145 Å². The lowest BCUT2D eigenvalue weighted by Crippen LogP contribution is -2.29. The fourth-order valence-electron chi connectivity index (χ4n) is 2.87. The molecule has 1 aromatic heterocycles. The largest absolute Gasteiger partial charge is 0.346 e. The zero-order chi connectivity index (χ0) is 16.1. The summed E-state index contributed by atoms with van der Waals surface area (Å²) in [6.07, 6.45) is 4.55. The van der Waals surface area contributed by atoms with E-state index in [1.165, 1.54) is 37.1 Å². The molecule has 1 saturated heterocycles. The quantitative estimate of drug-likeness (QED) is 0.799. The van der Waals surface area contributed by atoms with Crippen LogP contribution >= 0.6 is 23.1 Å². The Kier molecular flexibility index (Phi) is 5.89. The standard InChI is InChI=1S/C17H22FN3S2/c1-2-22-15-5-3-4-10-21(12-15)17-20-19-16(23-17)11-13-6-8-14(18)9-7-13/h6-9,15H,2-5,10-12H2,1H3. The van der Waals surface area contributed by atoms with Gasteiger partial charge in [-0.1, -0.05) is 36.8 Å². The summed E-state index contributed by atoms with van der Waals surface area (Å²) in [5.74, 6) is 0.973. The van der Waals surface area contributed by atoms with Crippen molar-refractivity contribution in [2.45, 2.75) is 37.9 Å². The smallest absolute Gasteiger partial charge is 0.208 e. The van der Waals surface area contributed by atoms with Gasteiger partial charge in [0.1, 0.15) is 10.8 Å². The predicted octanol–water partition coefficient (Wildman–Crippen LogP) is 4.38. The maximum Gasteiger partial charge on any atom is 0.208 e. The van der Waals surface area contributed by atoms with Gasteiger partial charge in [-0.05, 0) is 36.3 Å². The molecule has 3 nitrogen and oxygen atoms in total. The fraction of sp³-hybridized carbons (Fsp3) is 0.529. The molecule has 0 radical (unpaired) electrons. The Hall–Kier alpha value is -1.14. The van der Waals surface area contributed by atoms with Gasteiger partial charge in [-0.2, -0.15) is 11.8 Å². The minimum absolute atomic E-state index is 0.198. The van der Waals surface area contributed by atoms with Crippen molar-refractivity contribution in [2.24, 2.45) is 0 Å². The molecule has 2 aromatic rings. The SMILES string of the molecule is CCSC1CCCCN(c2nnc(Cc3ccc(F)cc3)s2)C1. The fourth-order valence-corrected chi connectivity index (χ4v) is 4.87. The summed E-state index contributed by atoms with van der Waals surface area (Å²) in [7, 11) is 0. The molecule has 0 bridgehead atoms. The number of anilines is 1. The number of nitrogens with zero attached hydrogens (tertiary/aromatic N) is 3. The maximum absolute atomic E-state index is 13.0. The van der Waals surface area contributed by atoms with Crippen LogP contribution in [0.25, 0.3) is 0 Å². The second-order valence-electron chi connectivity index (χ2n) is 5.80. The number of hydrogen-bond donors (Lipinski definition) is 0. The molecule has 0 spiro atoms. The van der Waals surface area contributed by atoms with Crippen LogP contribution in [0.1, 0.15) is 36.8 Å². The summed E-state index contributed by atoms with van der Waals surface area (Å²) >= 11 is 3.72. The number of hydrogen-bond acceptors (Lipinski definition) is 5. The van der Waals surface area contributed by atoms with Gasteiger partial charge in [0.2, 0.25) is 5.13 Å². The Balaban J connectivity index is 1.66. The van der Waals surface area contributed by atoms with Gasteiger partial charge in [0.05, 0.1) is 0 Å². The van der Waals surface area contributed by atoms with Crippen molar-refractivity contribution in [3.05, 3.63) is 40.7 Å². The van der Waals surface area contributed by atoms with E-state index in [1.54, 1.807) is 11.3 Å². The second kappa shape index (κ2) is 8.11. The zero-order valence-corrected chi connectivity index (χ0v) is 15.0. The third-order valence-corrected chi connectivity index (χ3v) is 6.20. The normalized spacial score (nSPS) is 18.9. The molecule has 1 fully saturated rings. The van der Waals surface area contributed by atoms with Crippen LogP contribution in [0.15, 0.2) is 24.3 Å². The van der Waals surface area contributed by atoms with Crippen LogP contribution in [-0.2, 0) is 6.42 Å². The van der Waals surface area contributed by atoms with Crippen molar-refractivity contribution in [3.8, 4) is 0 Å². The Bertz CT molecular complexity index is 615. The molecule has 0 saturated carbocycles. The summed E-state index contributed by atoms with van der Waals surface area (Å²) < 4.78 is 13.0. The highest BCUT2D eigenvalue weighted by Crippen LogP contribution is 2.28. The van der Waals surface area contributed by atoms with Crippen molar-refractivity contribution >= 4 is 28.2 Å². The molecular formula is C17H22FN3S2. The van der Waals surface area contributed by atoms with Crippen LogP contribution in [-0.4, -0.2) is 34.3 Å². The highest BCUT2D eigenvalue weighted by molar-refractivity contribution is 7.99. The molecule has 1 aliphatic heterocycles. The molecule has 2 heterocycles. The van der Waals surface area contributed by atoms with E-state index in [-0.39, 0.29) is 5.82 Å². The Morgan fingerprint density at radius 3 is 2.87 bits per heavy atom. The highest BCUT2D eigenvalue weighted by Gasteiger charge is 2.21. The monoisotopic (exact) mass is 351 g/mol. The summed E-state index contributed by atoms with van der Waals surface area (Å²) in [6.45, 7) is 4.38. The van der Waals surface area contributed by atoms with Crippen molar-refractivity contribution in [3.63, 3.8) is 0 Å². The number of thioether (sulfide) groups is 1. The molecule has 0 amide bonds. The summed E-state index contributed by atoms with van der Waals surface area (Å²) in [4.78, 5) is 2.39. The first kappa shape index (κ1) is 16.7. The van der Waals surface area contributed by atoms with E-state index in [9.17, 15) is 4.39 Å². The zero-order valence-electron chi connectivity index (χ0n) is 13.4. The molecule has 0 aliphatic carbocycles. The van der Waals surface area contributed by atoms with Crippen molar-refractivity contribution < 1.29 is 4.39 Å². The molecular weight excluding hydrogens is 329 g/mol. The maximum atomic E-state index is 13.0. The van der Waals surface area contributed by atoms with Crippen LogP contribution in [0.2, 0.25) is 0 Å². The van der Waals surface area contributed by atoms with Crippen LogP contribution in [0.3, 0.4) is 0 Å². The minimum Gasteiger partial charge on any atom is -0.346 e. The molecule has 6 heteroatoms. The van der Waals surface area contributed by atoms with Crippen LogP contribution in [0, 0.1) is 5.82 Å². The van der Waals surface area contributed by atoms with Gasteiger partial charge in [-0.15, -0.1) is 10.2 Å². The lowest BCUT2D eigenvalue weighted by molar-refractivity contribution is 0.627. The lowest BCUT2D eigenvalue weighted by atomic mass is 10.2. The van der Waals surface area contributed by atoms with Crippen molar-refractivity contribution in [1.29, 1.82) is 0 Å². The third kappa shape index (κ3) is 4.67. The molecule has 1 atom stereocenters. The first-order valence-electron chi connectivity index (χ1n) is 8.18. The first-order valence-corrected chi connectivity index (χ1v) is 10.0. The molecule has 0 N–H and O–H groups in total. The second-order valence-corrected chi connectivity index (χ2v) is 8.42. The van der Waals surface area contributed by atoms with E-state index < -0.39 is 0 Å². The van der Waals surface area contributed by atoms with Crippen LogP contribution in [0.5, 0.6) is 0 Å². The molecule has 1 aliphatic rings. The first-order chi connectivity index (χ1) is 11.2. The molecule has 3 rings (SSSR count). The minimum atomic E-state index is -0.198. The summed E-state index contributed by atoms with van der Waals surface area (Å²) in [6, 6.07) is 6.63. The Morgan fingerprint density at radius 2 is 2.09 bits per heavy atom. The van der Waals surface area contributed by atoms with Gasteiger partial charge in [0.25, 0.3) is 0 Å². The predicted molar refractivity (Wildman–Crippen MR) is 97.1 cm³/mol. The van der Waals surface area contributed by atoms with Gasteiger partial charge in [-0.3, -0.25) is 0 Å². The molecule has 124 valence electrons. The van der Waals surface area contributed by atoms with Gasteiger partial charge in [-0.25, -0.2) is 4.39 Å². The van der Waals surface area contributed by atoms with Crippen LogP contribution < -0.4 is 4.90 Å². The van der Waals surface area contributed by atoms with E-state index in [0.29, 0.717) is 5.25 Å². The average molecular weight is 352 g/mol. The van der Waals surface area contributed by atoms with Gasteiger partial charge in [0, 0.05) is 24.8 Å². The van der Waals surface area contributed by atoms with E-state index in [1.807, 2.05) is 12.1 Å². The summed E-state index contributed by atoms with van der Waals surface area (Å²) in [5.41, 5.74) is 1.07. The average Bonchev–Trinajstić information content (AvgIpc) is 2.88. The van der Waals surface area contributed by atoms with Crippen molar-refractivity contribution in [1.82, 2.24) is 10.2 Å². The summed E-state index contributed by atoms with van der Waals surface area (Å²) in [5, 5.41) is 11.5. The highest BCUT2D eigenvalue weighted by atomic mass is 32.2.